The molecule has 0 saturated heterocycles. The van der Waals surface area contributed by atoms with E-state index in [-0.39, 0.29) is 5.69 Å². The molecule has 0 fully saturated rings. The number of non-ortho nitro benzene ring substituents is 1. The zero-order valence-electron chi connectivity index (χ0n) is 9.27. The molecule has 1 aromatic carbocycles. The van der Waals surface area contributed by atoms with Crippen LogP contribution in [0.4, 0.5) is 11.4 Å². The van der Waals surface area contributed by atoms with Gasteiger partial charge in [0.25, 0.3) is 5.69 Å². The second-order valence-electron chi connectivity index (χ2n) is 3.31. The van der Waals surface area contributed by atoms with Gasteiger partial charge in [0.1, 0.15) is 6.04 Å². The smallest absolute Gasteiger partial charge is 0.327 e. The quantitative estimate of drug-likeness (QED) is 0.524. The number of nitro benzene ring substituents is 1. The fraction of sp³-hybridized carbons (Fsp3) is 0.300. The lowest BCUT2D eigenvalue weighted by molar-refractivity contribution is -0.384. The number of benzene rings is 1. The van der Waals surface area contributed by atoms with Gasteiger partial charge < -0.3 is 10.1 Å². The van der Waals surface area contributed by atoms with Crippen LogP contribution in [0.2, 0.25) is 0 Å². The van der Waals surface area contributed by atoms with Crippen molar-refractivity contribution in [2.75, 3.05) is 12.4 Å². The van der Waals surface area contributed by atoms with Crippen molar-refractivity contribution < 1.29 is 14.5 Å². The molecule has 92 valence electrons. The lowest BCUT2D eigenvalue weighted by Gasteiger charge is -2.13. The summed E-state index contributed by atoms with van der Waals surface area (Å²) in [7, 11) is 1.30. The van der Waals surface area contributed by atoms with E-state index in [0.717, 1.165) is 0 Å². The van der Waals surface area contributed by atoms with Crippen LogP contribution in [-0.4, -0.2) is 24.0 Å². The largest absolute Gasteiger partial charge is 0.467 e. The Bertz CT molecular complexity index is 450. The summed E-state index contributed by atoms with van der Waals surface area (Å²) in [4.78, 5) is 21.2. The number of carbonyl (C=O) groups excluding carboxylic acids is 1. The predicted molar refractivity (Wildman–Crippen MR) is 65.9 cm³/mol. The average Bonchev–Trinajstić information content (AvgIpc) is 2.30. The number of carbonyl (C=O) groups is 1. The Morgan fingerprint density at radius 1 is 1.59 bits per heavy atom. The van der Waals surface area contributed by atoms with Crippen LogP contribution in [0, 0.1) is 10.1 Å². The minimum absolute atomic E-state index is 0.0202. The first kappa shape index (κ1) is 13.4. The minimum Gasteiger partial charge on any atom is -0.467 e. The number of hydrogen-bond donors (Lipinski definition) is 1. The highest BCUT2D eigenvalue weighted by Crippen LogP contribution is 2.27. The molecule has 1 unspecified atom stereocenters. The zero-order valence-corrected chi connectivity index (χ0v) is 10.9. The van der Waals surface area contributed by atoms with Crippen LogP contribution < -0.4 is 5.32 Å². The second-order valence-corrected chi connectivity index (χ2v) is 4.16. The molecule has 0 radical (unpaired) electrons. The molecule has 1 N–H and O–H groups in total. The Morgan fingerprint density at radius 3 is 2.71 bits per heavy atom. The number of nitro groups is 1. The lowest BCUT2D eigenvalue weighted by atomic mass is 10.2. The van der Waals surface area contributed by atoms with Gasteiger partial charge in [-0.2, -0.15) is 0 Å². The summed E-state index contributed by atoms with van der Waals surface area (Å²) in [5, 5.41) is 13.4. The third-order valence-electron chi connectivity index (χ3n) is 2.09. The number of nitrogens with one attached hydrogen (secondary N) is 1. The van der Waals surface area contributed by atoms with Gasteiger partial charge in [-0.1, -0.05) is 0 Å². The number of rotatable bonds is 4. The topological polar surface area (TPSA) is 81.5 Å². The molecule has 1 aromatic rings. The number of anilines is 1. The van der Waals surface area contributed by atoms with E-state index in [4.69, 9.17) is 0 Å². The van der Waals surface area contributed by atoms with Gasteiger partial charge in [0, 0.05) is 22.3 Å². The summed E-state index contributed by atoms with van der Waals surface area (Å²) in [6.45, 7) is 1.64. The summed E-state index contributed by atoms with van der Waals surface area (Å²) in [6, 6.07) is 3.73. The highest BCUT2D eigenvalue weighted by molar-refractivity contribution is 9.10. The number of halogens is 1. The van der Waals surface area contributed by atoms with Crippen LogP contribution in [0.25, 0.3) is 0 Å². The highest BCUT2D eigenvalue weighted by atomic mass is 79.9. The summed E-state index contributed by atoms with van der Waals surface area (Å²) in [5.74, 6) is -0.407. The first-order chi connectivity index (χ1) is 7.95. The molecular formula is C10H11BrN2O4. The average molecular weight is 303 g/mol. The van der Waals surface area contributed by atoms with Crippen LogP contribution in [0.5, 0.6) is 0 Å². The molecule has 0 spiro atoms. The molecule has 7 heteroatoms. The van der Waals surface area contributed by atoms with E-state index in [2.05, 4.69) is 26.0 Å². The molecular weight excluding hydrogens is 292 g/mol. The third kappa shape index (κ3) is 3.42. The van der Waals surface area contributed by atoms with Crippen molar-refractivity contribution in [3.8, 4) is 0 Å². The van der Waals surface area contributed by atoms with Crippen molar-refractivity contribution in [1.82, 2.24) is 0 Å². The molecule has 1 rings (SSSR count). The number of nitrogens with zero attached hydrogens (tertiary/aromatic N) is 1. The van der Waals surface area contributed by atoms with E-state index in [1.54, 1.807) is 6.92 Å². The Hall–Kier alpha value is -1.63. The van der Waals surface area contributed by atoms with Crippen LogP contribution in [0.3, 0.4) is 0 Å². The van der Waals surface area contributed by atoms with E-state index in [0.29, 0.717) is 10.2 Å². The fourth-order valence-electron chi connectivity index (χ4n) is 1.20. The molecule has 0 amide bonds. The number of methoxy groups -OCH3 is 1. The molecule has 0 bridgehead atoms. The van der Waals surface area contributed by atoms with Crippen molar-refractivity contribution >= 4 is 33.3 Å². The predicted octanol–water partition coefficient (Wildman–Crippen LogP) is 2.33. The van der Waals surface area contributed by atoms with E-state index >= 15 is 0 Å². The summed E-state index contributed by atoms with van der Waals surface area (Å²) < 4.78 is 5.08. The molecule has 0 heterocycles. The van der Waals surface area contributed by atoms with Crippen molar-refractivity contribution in [2.24, 2.45) is 0 Å². The summed E-state index contributed by atoms with van der Waals surface area (Å²) in [5.41, 5.74) is 0.571. The Kier molecular flexibility index (Phi) is 4.45. The van der Waals surface area contributed by atoms with E-state index in [1.165, 1.54) is 25.3 Å². The molecule has 17 heavy (non-hydrogen) atoms. The molecule has 0 aliphatic rings. The molecule has 0 saturated carbocycles. The lowest BCUT2D eigenvalue weighted by Crippen LogP contribution is -2.27. The standard InChI is InChI=1S/C10H11BrN2O4/c1-6(10(14)17-2)12-9-4-3-7(13(15)16)5-8(9)11/h3-6,12H,1-2H3. The molecule has 1 atom stereocenters. The Morgan fingerprint density at radius 2 is 2.24 bits per heavy atom. The van der Waals surface area contributed by atoms with Gasteiger partial charge in [0.15, 0.2) is 0 Å². The summed E-state index contributed by atoms with van der Waals surface area (Å²) >= 11 is 3.20. The first-order valence-corrected chi connectivity index (χ1v) is 5.53. The van der Waals surface area contributed by atoms with Crippen LogP contribution >= 0.6 is 15.9 Å². The first-order valence-electron chi connectivity index (χ1n) is 4.74. The Labute approximate surface area is 106 Å². The van der Waals surface area contributed by atoms with Crippen LogP contribution in [0.1, 0.15) is 6.92 Å². The van der Waals surface area contributed by atoms with E-state index in [9.17, 15) is 14.9 Å². The Balaban J connectivity index is 2.86. The monoisotopic (exact) mass is 302 g/mol. The highest BCUT2D eigenvalue weighted by Gasteiger charge is 2.15. The molecule has 0 aliphatic heterocycles. The van der Waals surface area contributed by atoms with Crippen molar-refractivity contribution in [3.63, 3.8) is 0 Å². The van der Waals surface area contributed by atoms with E-state index in [1.807, 2.05) is 0 Å². The number of esters is 1. The van der Waals surface area contributed by atoms with Gasteiger partial charge in [-0.25, -0.2) is 4.79 Å². The van der Waals surface area contributed by atoms with Gasteiger partial charge in [-0.15, -0.1) is 0 Å². The summed E-state index contributed by atoms with van der Waals surface area (Å²) in [6.07, 6.45) is 0. The van der Waals surface area contributed by atoms with Gasteiger partial charge in [0.2, 0.25) is 0 Å². The van der Waals surface area contributed by atoms with Crippen LogP contribution in [0.15, 0.2) is 22.7 Å². The zero-order chi connectivity index (χ0) is 13.0. The molecule has 6 nitrogen and oxygen atoms in total. The minimum atomic E-state index is -0.530. The fourth-order valence-corrected chi connectivity index (χ4v) is 1.68. The van der Waals surface area contributed by atoms with Crippen molar-refractivity contribution in [3.05, 3.63) is 32.8 Å². The third-order valence-corrected chi connectivity index (χ3v) is 2.75. The normalized spacial score (nSPS) is 11.7. The van der Waals surface area contributed by atoms with Gasteiger partial charge in [-0.3, -0.25) is 10.1 Å². The van der Waals surface area contributed by atoms with Gasteiger partial charge >= 0.3 is 5.97 Å². The number of hydrogen-bond acceptors (Lipinski definition) is 5. The van der Waals surface area contributed by atoms with Crippen LogP contribution in [-0.2, 0) is 9.53 Å². The second kappa shape index (κ2) is 5.62. The molecule has 0 aromatic heterocycles. The van der Waals surface area contributed by atoms with Crippen molar-refractivity contribution in [1.29, 1.82) is 0 Å². The maximum atomic E-state index is 11.2. The van der Waals surface area contributed by atoms with Gasteiger partial charge in [-0.05, 0) is 28.9 Å². The van der Waals surface area contributed by atoms with E-state index < -0.39 is 16.9 Å². The SMILES string of the molecule is COC(=O)C(C)Nc1ccc([N+](=O)[O-])cc1Br. The van der Waals surface area contributed by atoms with Gasteiger partial charge in [0.05, 0.1) is 12.0 Å². The maximum Gasteiger partial charge on any atom is 0.327 e. The maximum absolute atomic E-state index is 11.2. The number of ether oxygens (including phenoxy) is 1. The molecule has 0 aliphatic carbocycles. The van der Waals surface area contributed by atoms with Crippen molar-refractivity contribution in [2.45, 2.75) is 13.0 Å².